The largest absolute Gasteiger partial charge is 0.457 e. The number of fused-ring (bicyclic) bond motifs is 3. The van der Waals surface area contributed by atoms with Gasteiger partial charge in [0.15, 0.2) is 0 Å². The van der Waals surface area contributed by atoms with Gasteiger partial charge in [0, 0.05) is 46.3 Å². The SMILES string of the molecule is CCCCc1c([C@H]2C(C)=C[C@H](C)CC2C)c(C)nn1-c1cc(Oc2ccc3c4ccccc4n(-c4cc(CCC)ccn4)c3c2)cc(C(C)C)c1. The maximum absolute atomic E-state index is 6.82. The molecule has 0 aliphatic heterocycles. The van der Waals surface area contributed by atoms with Crippen molar-refractivity contribution in [3.8, 4) is 23.0 Å². The predicted octanol–water partition coefficient (Wildman–Crippen LogP) is 12.6. The summed E-state index contributed by atoms with van der Waals surface area (Å²) >= 11 is 0. The summed E-state index contributed by atoms with van der Waals surface area (Å²) in [5, 5.41) is 7.70. The third-order valence-electron chi connectivity index (χ3n) is 10.9. The Hall–Kier alpha value is -4.64. The van der Waals surface area contributed by atoms with Gasteiger partial charge >= 0.3 is 0 Å². The lowest BCUT2D eigenvalue weighted by molar-refractivity contribution is 0.389. The van der Waals surface area contributed by atoms with Crippen LogP contribution in [-0.4, -0.2) is 19.3 Å². The van der Waals surface area contributed by atoms with E-state index < -0.39 is 0 Å². The number of benzene rings is 3. The van der Waals surface area contributed by atoms with Crippen LogP contribution < -0.4 is 4.74 Å². The molecular formula is C46H54N4O. The average Bonchev–Trinajstić information content (AvgIpc) is 3.60. The summed E-state index contributed by atoms with van der Waals surface area (Å²) in [6.45, 7) is 18.3. The van der Waals surface area contributed by atoms with Crippen LogP contribution in [0.5, 0.6) is 11.5 Å². The highest BCUT2D eigenvalue weighted by atomic mass is 16.5. The Morgan fingerprint density at radius 3 is 2.41 bits per heavy atom. The summed E-state index contributed by atoms with van der Waals surface area (Å²) in [7, 11) is 0. The lowest BCUT2D eigenvalue weighted by Crippen LogP contribution is -2.21. The molecule has 0 spiro atoms. The Balaban J connectivity index is 1.33. The summed E-state index contributed by atoms with van der Waals surface area (Å²) in [5.41, 5.74) is 11.3. The molecule has 0 saturated heterocycles. The molecule has 3 aromatic heterocycles. The van der Waals surface area contributed by atoms with Gasteiger partial charge in [-0.3, -0.25) is 4.57 Å². The molecule has 0 N–H and O–H groups in total. The maximum atomic E-state index is 6.82. The fourth-order valence-corrected chi connectivity index (χ4v) is 8.64. The number of pyridine rings is 1. The normalized spacial score (nSPS) is 17.8. The van der Waals surface area contributed by atoms with Crippen LogP contribution in [0.3, 0.4) is 0 Å². The molecule has 51 heavy (non-hydrogen) atoms. The molecule has 0 bridgehead atoms. The predicted molar refractivity (Wildman–Crippen MR) is 213 cm³/mol. The quantitative estimate of drug-likeness (QED) is 0.128. The monoisotopic (exact) mass is 678 g/mol. The molecule has 7 rings (SSSR count). The van der Waals surface area contributed by atoms with Crippen molar-refractivity contribution < 1.29 is 4.74 Å². The molecule has 0 fully saturated rings. The number of para-hydroxylation sites is 1. The number of ether oxygens (including phenoxy) is 1. The number of aryl methyl sites for hydroxylation is 2. The van der Waals surface area contributed by atoms with Crippen molar-refractivity contribution in [3.63, 3.8) is 0 Å². The summed E-state index contributed by atoms with van der Waals surface area (Å²) in [4.78, 5) is 4.85. The fraction of sp³-hybridized carbons (Fsp3) is 0.391. The van der Waals surface area contributed by atoms with Crippen LogP contribution >= 0.6 is 0 Å². The van der Waals surface area contributed by atoms with Gasteiger partial charge in [0.25, 0.3) is 0 Å². The number of hydrogen-bond acceptors (Lipinski definition) is 3. The standard InChI is InChI=1S/C46H54N4O/c1-9-11-16-42-46(45-31(6)22-30(5)23-32(45)7)33(8)48-50(42)36-25-35(29(3)4)26-38(27-36)51-37-18-19-40-39-15-12-13-17-41(39)49(43(40)28-37)44-24-34(14-10-2)20-21-47-44/h12-13,15,17-22,24-30,32,45H,9-11,14,16,23H2,1-8H3/t30-,32?,45-/m0/s1. The second kappa shape index (κ2) is 14.5. The van der Waals surface area contributed by atoms with Gasteiger partial charge in [-0.1, -0.05) is 84.2 Å². The summed E-state index contributed by atoms with van der Waals surface area (Å²) in [5.74, 6) is 4.50. The van der Waals surface area contributed by atoms with Gasteiger partial charge in [0.2, 0.25) is 0 Å². The molecule has 3 aromatic carbocycles. The molecule has 1 aliphatic carbocycles. The van der Waals surface area contributed by atoms with Crippen LogP contribution in [0.1, 0.15) is 114 Å². The van der Waals surface area contributed by atoms with Gasteiger partial charge in [-0.05, 0) is 111 Å². The van der Waals surface area contributed by atoms with Crippen molar-refractivity contribution in [3.05, 3.63) is 119 Å². The summed E-state index contributed by atoms with van der Waals surface area (Å²) in [6.07, 6.45) is 11.1. The third-order valence-corrected chi connectivity index (χ3v) is 10.9. The van der Waals surface area contributed by atoms with E-state index in [2.05, 4.69) is 144 Å². The molecule has 3 atom stereocenters. The fourth-order valence-electron chi connectivity index (χ4n) is 8.64. The van der Waals surface area contributed by atoms with Crippen LogP contribution in [0, 0.1) is 18.8 Å². The van der Waals surface area contributed by atoms with E-state index in [9.17, 15) is 0 Å². The Kier molecular flexibility index (Phi) is 9.92. The Morgan fingerprint density at radius 2 is 1.65 bits per heavy atom. The van der Waals surface area contributed by atoms with Crippen molar-refractivity contribution in [2.24, 2.45) is 11.8 Å². The number of allylic oxidation sites excluding steroid dienone is 2. The molecule has 1 aliphatic rings. The van der Waals surface area contributed by atoms with E-state index in [4.69, 9.17) is 14.8 Å². The van der Waals surface area contributed by atoms with Crippen LogP contribution in [0.25, 0.3) is 33.3 Å². The van der Waals surface area contributed by atoms with Gasteiger partial charge in [-0.2, -0.15) is 5.10 Å². The highest BCUT2D eigenvalue weighted by Gasteiger charge is 2.32. The highest BCUT2D eigenvalue weighted by Crippen LogP contribution is 2.44. The Labute approximate surface area is 304 Å². The number of rotatable bonds is 11. The third kappa shape index (κ3) is 6.76. The van der Waals surface area contributed by atoms with Gasteiger partial charge in [0.1, 0.15) is 17.3 Å². The molecule has 0 radical (unpaired) electrons. The summed E-state index contributed by atoms with van der Waals surface area (Å²) in [6, 6.07) is 26.1. The minimum Gasteiger partial charge on any atom is -0.457 e. The topological polar surface area (TPSA) is 44.9 Å². The summed E-state index contributed by atoms with van der Waals surface area (Å²) < 4.78 is 11.4. The van der Waals surface area contributed by atoms with E-state index in [0.717, 1.165) is 71.8 Å². The van der Waals surface area contributed by atoms with Crippen molar-refractivity contribution in [1.29, 1.82) is 0 Å². The van der Waals surface area contributed by atoms with Gasteiger partial charge in [-0.15, -0.1) is 0 Å². The van der Waals surface area contributed by atoms with Crippen molar-refractivity contribution in [1.82, 2.24) is 19.3 Å². The molecule has 3 heterocycles. The van der Waals surface area contributed by atoms with E-state index in [1.54, 1.807) is 0 Å². The van der Waals surface area contributed by atoms with Gasteiger partial charge < -0.3 is 4.74 Å². The zero-order chi connectivity index (χ0) is 35.8. The van der Waals surface area contributed by atoms with E-state index in [0.29, 0.717) is 23.7 Å². The van der Waals surface area contributed by atoms with Crippen molar-refractivity contribution >= 4 is 21.8 Å². The van der Waals surface area contributed by atoms with E-state index in [1.165, 1.54) is 45.2 Å². The zero-order valence-electron chi connectivity index (χ0n) is 31.8. The first-order valence-electron chi connectivity index (χ1n) is 19.2. The van der Waals surface area contributed by atoms with Crippen LogP contribution in [0.4, 0.5) is 0 Å². The number of hydrogen-bond donors (Lipinski definition) is 0. The molecule has 5 nitrogen and oxygen atoms in total. The first-order valence-corrected chi connectivity index (χ1v) is 19.2. The number of unbranched alkanes of at least 4 members (excludes halogenated alkanes) is 1. The molecule has 0 saturated carbocycles. The van der Waals surface area contributed by atoms with Gasteiger partial charge in [0.05, 0.1) is 22.4 Å². The van der Waals surface area contributed by atoms with Gasteiger partial charge in [-0.25, -0.2) is 9.67 Å². The maximum Gasteiger partial charge on any atom is 0.137 e. The molecule has 5 heteroatoms. The molecule has 6 aromatic rings. The van der Waals surface area contributed by atoms with E-state index in [1.807, 2.05) is 6.20 Å². The molecule has 264 valence electrons. The highest BCUT2D eigenvalue weighted by molar-refractivity contribution is 6.09. The minimum absolute atomic E-state index is 0.332. The smallest absolute Gasteiger partial charge is 0.137 e. The van der Waals surface area contributed by atoms with E-state index in [-0.39, 0.29) is 0 Å². The average molecular weight is 679 g/mol. The molecule has 1 unspecified atom stereocenters. The Morgan fingerprint density at radius 1 is 0.843 bits per heavy atom. The first kappa shape index (κ1) is 34.8. The zero-order valence-corrected chi connectivity index (χ0v) is 31.8. The molecular weight excluding hydrogens is 625 g/mol. The Bertz CT molecular complexity index is 2220. The lowest BCUT2D eigenvalue weighted by Gasteiger charge is -2.32. The number of nitrogens with zero attached hydrogens (tertiary/aromatic N) is 4. The second-order valence-corrected chi connectivity index (χ2v) is 15.4. The van der Waals surface area contributed by atoms with Crippen molar-refractivity contribution in [2.45, 2.75) is 106 Å². The second-order valence-electron chi connectivity index (χ2n) is 15.4. The minimum atomic E-state index is 0.332. The van der Waals surface area contributed by atoms with Crippen molar-refractivity contribution in [2.75, 3.05) is 0 Å². The lowest BCUT2D eigenvalue weighted by atomic mass is 9.72. The van der Waals surface area contributed by atoms with E-state index >= 15 is 0 Å². The van der Waals surface area contributed by atoms with Crippen LogP contribution in [-0.2, 0) is 12.8 Å². The van der Waals surface area contributed by atoms with Crippen LogP contribution in [0.15, 0.2) is 90.6 Å². The molecule has 0 amide bonds. The first-order chi connectivity index (χ1) is 24.7. The van der Waals surface area contributed by atoms with Crippen LogP contribution in [0.2, 0.25) is 0 Å². The number of aromatic nitrogens is 4.